The van der Waals surface area contributed by atoms with E-state index < -0.39 is 0 Å². The number of rotatable bonds is 3. The van der Waals surface area contributed by atoms with Gasteiger partial charge in [-0.1, -0.05) is 36.8 Å². The van der Waals surface area contributed by atoms with E-state index >= 15 is 0 Å². The van der Waals surface area contributed by atoms with Gasteiger partial charge < -0.3 is 0 Å². The van der Waals surface area contributed by atoms with Crippen LogP contribution in [0.4, 0.5) is 0 Å². The Labute approximate surface area is 64.0 Å². The van der Waals surface area contributed by atoms with Crippen molar-refractivity contribution in [2.75, 3.05) is 0 Å². The minimum atomic E-state index is 0.482. The molecular weight excluding hydrogens is 120 g/mol. The summed E-state index contributed by atoms with van der Waals surface area (Å²) >= 11 is 0. The summed E-state index contributed by atoms with van der Waals surface area (Å²) in [7, 11) is 0. The minimum absolute atomic E-state index is 0.482. The van der Waals surface area contributed by atoms with Crippen molar-refractivity contribution in [1.82, 2.24) is 0 Å². The average Bonchev–Trinajstić information content (AvgIpc) is 1.87. The van der Waals surface area contributed by atoms with Gasteiger partial charge in [0.1, 0.15) is 0 Å². The molecule has 0 aromatic rings. The number of hydrogen-bond donors (Lipinski definition) is 0. The molecular formula is C10H16. The minimum Gasteiger partial charge on any atom is -0.102 e. The largest absolute Gasteiger partial charge is 0.102 e. The van der Waals surface area contributed by atoms with Crippen molar-refractivity contribution in [2.24, 2.45) is 5.92 Å². The summed E-state index contributed by atoms with van der Waals surface area (Å²) in [5.41, 5.74) is 1.33. The standard InChI is InChI=1S/C10H16/c1-5-10(4)8-6-7-9(2)3/h5-8,10H,1H2,2-4H3/b8-6+. The third-order valence-corrected chi connectivity index (χ3v) is 1.22. The van der Waals surface area contributed by atoms with Crippen LogP contribution < -0.4 is 0 Å². The Bertz CT molecular complexity index is 145. The number of allylic oxidation sites excluding steroid dienone is 5. The lowest BCUT2D eigenvalue weighted by molar-refractivity contribution is 0.944. The molecule has 0 N–H and O–H groups in total. The Morgan fingerprint density at radius 2 is 2.00 bits per heavy atom. The van der Waals surface area contributed by atoms with Crippen molar-refractivity contribution in [3.8, 4) is 0 Å². The highest BCUT2D eigenvalue weighted by molar-refractivity contribution is 5.10. The molecule has 0 saturated heterocycles. The molecule has 56 valence electrons. The van der Waals surface area contributed by atoms with Crippen molar-refractivity contribution in [1.29, 1.82) is 0 Å². The van der Waals surface area contributed by atoms with Crippen LogP contribution in [0.3, 0.4) is 0 Å². The first-order valence-corrected chi connectivity index (χ1v) is 3.61. The van der Waals surface area contributed by atoms with Gasteiger partial charge in [0.2, 0.25) is 0 Å². The summed E-state index contributed by atoms with van der Waals surface area (Å²) in [6, 6.07) is 0. The van der Waals surface area contributed by atoms with E-state index in [1.165, 1.54) is 5.57 Å². The molecule has 0 aromatic heterocycles. The lowest BCUT2D eigenvalue weighted by Gasteiger charge is -1.92. The molecule has 0 fully saturated rings. The highest BCUT2D eigenvalue weighted by Crippen LogP contribution is 1.98. The van der Waals surface area contributed by atoms with Gasteiger partial charge in [0.15, 0.2) is 0 Å². The first-order chi connectivity index (χ1) is 4.66. The average molecular weight is 136 g/mol. The van der Waals surface area contributed by atoms with Crippen molar-refractivity contribution in [3.05, 3.63) is 36.5 Å². The highest BCUT2D eigenvalue weighted by Gasteiger charge is 1.83. The number of hydrogen-bond acceptors (Lipinski definition) is 0. The normalized spacial score (nSPS) is 13.1. The third kappa shape index (κ3) is 5.36. The van der Waals surface area contributed by atoms with Crippen LogP contribution in [-0.4, -0.2) is 0 Å². The van der Waals surface area contributed by atoms with E-state index in [2.05, 4.69) is 45.6 Å². The molecule has 0 aliphatic rings. The lowest BCUT2D eigenvalue weighted by Crippen LogP contribution is -1.78. The van der Waals surface area contributed by atoms with E-state index in [0.29, 0.717) is 5.92 Å². The fourth-order valence-corrected chi connectivity index (χ4v) is 0.502. The first kappa shape index (κ1) is 9.22. The van der Waals surface area contributed by atoms with Crippen LogP contribution in [0.2, 0.25) is 0 Å². The van der Waals surface area contributed by atoms with Crippen LogP contribution in [0.5, 0.6) is 0 Å². The third-order valence-electron chi connectivity index (χ3n) is 1.22. The summed E-state index contributed by atoms with van der Waals surface area (Å²) in [6.07, 6.45) is 8.22. The molecule has 1 atom stereocenters. The second kappa shape index (κ2) is 5.04. The van der Waals surface area contributed by atoms with Crippen LogP contribution in [-0.2, 0) is 0 Å². The van der Waals surface area contributed by atoms with Gasteiger partial charge in [0, 0.05) is 0 Å². The predicted molar refractivity (Wildman–Crippen MR) is 47.9 cm³/mol. The maximum Gasteiger partial charge on any atom is -0.00814 e. The molecule has 0 saturated carbocycles. The molecule has 0 aliphatic carbocycles. The van der Waals surface area contributed by atoms with Gasteiger partial charge in [0.05, 0.1) is 0 Å². The lowest BCUT2D eigenvalue weighted by atomic mass is 10.1. The van der Waals surface area contributed by atoms with Crippen molar-refractivity contribution in [2.45, 2.75) is 20.8 Å². The molecule has 0 radical (unpaired) electrons. The Morgan fingerprint density at radius 3 is 2.40 bits per heavy atom. The molecule has 0 spiro atoms. The summed E-state index contributed by atoms with van der Waals surface area (Å²) in [4.78, 5) is 0. The molecule has 10 heavy (non-hydrogen) atoms. The van der Waals surface area contributed by atoms with Crippen LogP contribution in [0.15, 0.2) is 36.5 Å². The second-order valence-corrected chi connectivity index (χ2v) is 2.72. The van der Waals surface area contributed by atoms with Gasteiger partial charge >= 0.3 is 0 Å². The smallest absolute Gasteiger partial charge is 0.00814 e. The highest BCUT2D eigenvalue weighted by atomic mass is 13.9. The Hall–Kier alpha value is -0.780. The fourth-order valence-electron chi connectivity index (χ4n) is 0.502. The topological polar surface area (TPSA) is 0 Å². The van der Waals surface area contributed by atoms with Gasteiger partial charge in [-0.15, -0.1) is 6.58 Å². The first-order valence-electron chi connectivity index (χ1n) is 3.61. The Kier molecular flexibility index (Phi) is 4.65. The van der Waals surface area contributed by atoms with Crippen molar-refractivity contribution >= 4 is 0 Å². The van der Waals surface area contributed by atoms with Gasteiger partial charge in [-0.2, -0.15) is 0 Å². The maximum absolute atomic E-state index is 3.69. The van der Waals surface area contributed by atoms with E-state index in [4.69, 9.17) is 0 Å². The van der Waals surface area contributed by atoms with Crippen molar-refractivity contribution < 1.29 is 0 Å². The second-order valence-electron chi connectivity index (χ2n) is 2.72. The fraction of sp³-hybridized carbons (Fsp3) is 0.400. The van der Waals surface area contributed by atoms with Gasteiger partial charge in [-0.25, -0.2) is 0 Å². The zero-order chi connectivity index (χ0) is 7.98. The summed E-state index contributed by atoms with van der Waals surface area (Å²) in [6.45, 7) is 9.97. The van der Waals surface area contributed by atoms with E-state index in [1.54, 1.807) is 0 Å². The molecule has 0 bridgehead atoms. The molecule has 0 heteroatoms. The Balaban J connectivity index is 3.76. The molecule has 0 nitrogen and oxygen atoms in total. The van der Waals surface area contributed by atoms with Crippen LogP contribution in [0.1, 0.15) is 20.8 Å². The molecule has 1 unspecified atom stereocenters. The van der Waals surface area contributed by atoms with Gasteiger partial charge in [-0.05, 0) is 19.8 Å². The molecule has 0 heterocycles. The van der Waals surface area contributed by atoms with E-state index in [1.807, 2.05) is 6.08 Å². The summed E-state index contributed by atoms with van der Waals surface area (Å²) in [5.74, 6) is 0.482. The van der Waals surface area contributed by atoms with Gasteiger partial charge in [0.25, 0.3) is 0 Å². The SMILES string of the molecule is C=CC(C)/C=C/C=C(C)C. The van der Waals surface area contributed by atoms with Crippen LogP contribution in [0.25, 0.3) is 0 Å². The van der Waals surface area contributed by atoms with Crippen molar-refractivity contribution in [3.63, 3.8) is 0 Å². The molecule has 0 aromatic carbocycles. The predicted octanol–water partition coefficient (Wildman–Crippen LogP) is 3.33. The van der Waals surface area contributed by atoms with E-state index in [-0.39, 0.29) is 0 Å². The molecule has 0 amide bonds. The van der Waals surface area contributed by atoms with Crippen LogP contribution in [0, 0.1) is 5.92 Å². The zero-order valence-corrected chi connectivity index (χ0v) is 7.09. The molecule has 0 aliphatic heterocycles. The zero-order valence-electron chi connectivity index (χ0n) is 7.09. The Morgan fingerprint density at radius 1 is 1.40 bits per heavy atom. The maximum atomic E-state index is 3.69. The van der Waals surface area contributed by atoms with E-state index in [0.717, 1.165) is 0 Å². The van der Waals surface area contributed by atoms with Gasteiger partial charge in [-0.3, -0.25) is 0 Å². The summed E-state index contributed by atoms with van der Waals surface area (Å²) in [5, 5.41) is 0. The summed E-state index contributed by atoms with van der Waals surface area (Å²) < 4.78 is 0. The van der Waals surface area contributed by atoms with Crippen LogP contribution >= 0.6 is 0 Å². The molecule has 0 rings (SSSR count). The monoisotopic (exact) mass is 136 g/mol. The van der Waals surface area contributed by atoms with E-state index in [9.17, 15) is 0 Å². The quantitative estimate of drug-likeness (QED) is 0.412.